The van der Waals surface area contributed by atoms with E-state index in [1.807, 2.05) is 32.0 Å². The number of benzene rings is 1. The molecule has 1 rings (SSSR count). The van der Waals surface area contributed by atoms with Gasteiger partial charge < -0.3 is 16.0 Å². The van der Waals surface area contributed by atoms with Gasteiger partial charge in [0.1, 0.15) is 0 Å². The molecule has 3 N–H and O–H groups in total. The number of nitrogens with two attached hydrogens (primary N) is 1. The van der Waals surface area contributed by atoms with E-state index in [2.05, 4.69) is 21.2 Å². The van der Waals surface area contributed by atoms with E-state index in [-0.39, 0.29) is 11.9 Å². The first-order valence-corrected chi connectivity index (χ1v) is 7.88. The molecule has 0 aliphatic carbocycles. The lowest BCUT2D eigenvalue weighted by molar-refractivity contribution is -0.131. The Morgan fingerprint density at radius 3 is 2.60 bits per heavy atom. The van der Waals surface area contributed by atoms with Crippen molar-refractivity contribution in [3.63, 3.8) is 0 Å². The molecule has 1 atom stereocenters. The molecule has 1 aromatic carbocycles. The molecule has 4 nitrogen and oxygen atoms in total. The van der Waals surface area contributed by atoms with Crippen LogP contribution in [0.3, 0.4) is 0 Å². The smallest absolute Gasteiger partial charge is 0.224 e. The number of hydrogen-bond donors (Lipinski definition) is 2. The first-order valence-electron chi connectivity index (χ1n) is 6.71. The minimum atomic E-state index is -0.0969. The maximum atomic E-state index is 12.1. The van der Waals surface area contributed by atoms with Crippen molar-refractivity contribution < 1.29 is 4.79 Å². The van der Waals surface area contributed by atoms with Crippen molar-refractivity contribution in [1.29, 1.82) is 0 Å². The first kappa shape index (κ1) is 17.3. The zero-order chi connectivity index (χ0) is 15.1. The Kier molecular flexibility index (Phi) is 7.34. The number of halogens is 2. The van der Waals surface area contributed by atoms with Gasteiger partial charge in [0, 0.05) is 42.3 Å². The Morgan fingerprint density at radius 1 is 1.45 bits per heavy atom. The van der Waals surface area contributed by atoms with Gasteiger partial charge in [-0.1, -0.05) is 11.6 Å². The Bertz CT molecular complexity index is 452. The van der Waals surface area contributed by atoms with Crippen LogP contribution in [0.2, 0.25) is 5.02 Å². The molecule has 0 aliphatic rings. The van der Waals surface area contributed by atoms with Gasteiger partial charge >= 0.3 is 0 Å². The fourth-order valence-corrected chi connectivity index (χ4v) is 2.36. The van der Waals surface area contributed by atoms with Crippen molar-refractivity contribution in [3.8, 4) is 0 Å². The van der Waals surface area contributed by atoms with E-state index >= 15 is 0 Å². The molecule has 0 aliphatic heterocycles. The minimum absolute atomic E-state index is 0.0969. The van der Waals surface area contributed by atoms with Gasteiger partial charge in [-0.25, -0.2) is 0 Å². The molecule has 1 unspecified atom stereocenters. The van der Waals surface area contributed by atoms with E-state index < -0.39 is 0 Å². The van der Waals surface area contributed by atoms with Crippen LogP contribution in [-0.4, -0.2) is 36.5 Å². The van der Waals surface area contributed by atoms with Gasteiger partial charge in [0.05, 0.1) is 5.02 Å². The monoisotopic (exact) mass is 361 g/mol. The summed E-state index contributed by atoms with van der Waals surface area (Å²) in [5, 5.41) is 3.88. The summed E-state index contributed by atoms with van der Waals surface area (Å²) in [4.78, 5) is 13.9. The van der Waals surface area contributed by atoms with Crippen LogP contribution in [-0.2, 0) is 4.79 Å². The molecule has 0 heterocycles. The molecule has 0 bridgehead atoms. The fourth-order valence-electron chi connectivity index (χ4n) is 1.93. The predicted molar refractivity (Wildman–Crippen MR) is 88.2 cm³/mol. The van der Waals surface area contributed by atoms with Crippen LogP contribution in [0.4, 0.5) is 5.69 Å². The fraction of sp³-hybridized carbons (Fsp3) is 0.500. The summed E-state index contributed by atoms with van der Waals surface area (Å²) in [5.74, 6) is 0.112. The van der Waals surface area contributed by atoms with Crippen molar-refractivity contribution in [3.05, 3.63) is 27.7 Å². The summed E-state index contributed by atoms with van der Waals surface area (Å²) in [5.41, 5.74) is 6.61. The van der Waals surface area contributed by atoms with E-state index in [0.29, 0.717) is 18.0 Å². The molecule has 0 aromatic heterocycles. The normalized spacial score (nSPS) is 12.1. The lowest BCUT2D eigenvalue weighted by Gasteiger charge is -2.23. The Labute approximate surface area is 133 Å². The molecule has 0 spiro atoms. The lowest BCUT2D eigenvalue weighted by atomic mass is 10.1. The average Bonchev–Trinajstić information content (AvgIpc) is 2.43. The lowest BCUT2D eigenvalue weighted by Crippen LogP contribution is -2.38. The molecule has 20 heavy (non-hydrogen) atoms. The van der Waals surface area contributed by atoms with Gasteiger partial charge in [-0.2, -0.15) is 0 Å². The van der Waals surface area contributed by atoms with Crippen LogP contribution in [0.5, 0.6) is 0 Å². The molecule has 6 heteroatoms. The van der Waals surface area contributed by atoms with E-state index in [4.69, 9.17) is 17.3 Å². The van der Waals surface area contributed by atoms with Crippen LogP contribution in [0.15, 0.2) is 22.7 Å². The summed E-state index contributed by atoms with van der Waals surface area (Å²) >= 11 is 9.39. The van der Waals surface area contributed by atoms with Gasteiger partial charge in [-0.15, -0.1) is 0 Å². The third-order valence-electron chi connectivity index (χ3n) is 3.11. The number of nitrogens with one attached hydrogen (secondary N) is 1. The van der Waals surface area contributed by atoms with Gasteiger partial charge in [0.15, 0.2) is 0 Å². The summed E-state index contributed by atoms with van der Waals surface area (Å²) in [6.45, 7) is 5.77. The highest BCUT2D eigenvalue weighted by atomic mass is 79.9. The highest BCUT2D eigenvalue weighted by Crippen LogP contribution is 2.26. The van der Waals surface area contributed by atoms with Crippen LogP contribution in [0.25, 0.3) is 0 Å². The van der Waals surface area contributed by atoms with E-state index in [1.165, 1.54) is 0 Å². The van der Waals surface area contributed by atoms with Crippen molar-refractivity contribution in [2.24, 2.45) is 5.73 Å². The van der Waals surface area contributed by atoms with Crippen molar-refractivity contribution in [2.45, 2.75) is 26.3 Å². The first-order chi connectivity index (χ1) is 9.51. The molecule has 0 saturated carbocycles. The van der Waals surface area contributed by atoms with Crippen molar-refractivity contribution in [2.75, 3.05) is 25.0 Å². The number of anilines is 1. The number of hydrogen-bond acceptors (Lipinski definition) is 3. The molecule has 0 fully saturated rings. The standard InChI is InChI=1S/C14H21BrClN3O/c1-3-19(4-2)14(20)8-11(9-17)18-10-5-6-12(15)13(16)7-10/h5-7,11,18H,3-4,8-9,17H2,1-2H3. The maximum Gasteiger partial charge on any atom is 0.224 e. The minimum Gasteiger partial charge on any atom is -0.380 e. The second-order valence-electron chi connectivity index (χ2n) is 4.48. The van der Waals surface area contributed by atoms with E-state index in [0.717, 1.165) is 23.2 Å². The average molecular weight is 363 g/mol. The molecular formula is C14H21BrClN3O. The third kappa shape index (κ3) is 4.96. The molecule has 1 aromatic rings. The van der Waals surface area contributed by atoms with Crippen molar-refractivity contribution >= 4 is 39.1 Å². The Morgan fingerprint density at radius 2 is 2.10 bits per heavy atom. The second kappa shape index (κ2) is 8.49. The topological polar surface area (TPSA) is 58.4 Å². The van der Waals surface area contributed by atoms with Gasteiger partial charge in [-0.05, 0) is 48.0 Å². The molecular weight excluding hydrogens is 342 g/mol. The molecule has 1 amide bonds. The quantitative estimate of drug-likeness (QED) is 0.783. The molecule has 0 saturated heterocycles. The largest absolute Gasteiger partial charge is 0.380 e. The molecule has 112 valence electrons. The van der Waals surface area contributed by atoms with E-state index in [1.54, 1.807) is 4.90 Å². The van der Waals surface area contributed by atoms with Crippen LogP contribution >= 0.6 is 27.5 Å². The SMILES string of the molecule is CCN(CC)C(=O)CC(CN)Nc1ccc(Br)c(Cl)c1. The van der Waals surface area contributed by atoms with Crippen LogP contribution in [0.1, 0.15) is 20.3 Å². The predicted octanol–water partition coefficient (Wildman–Crippen LogP) is 3.10. The highest BCUT2D eigenvalue weighted by molar-refractivity contribution is 9.10. The number of rotatable bonds is 7. The Balaban J connectivity index is 2.67. The summed E-state index contributed by atoms with van der Waals surface area (Å²) < 4.78 is 0.841. The number of carbonyl (C=O) groups is 1. The zero-order valence-corrected chi connectivity index (χ0v) is 14.2. The van der Waals surface area contributed by atoms with Gasteiger partial charge in [0.2, 0.25) is 5.91 Å². The number of nitrogens with zero attached hydrogens (tertiary/aromatic N) is 1. The molecule has 0 radical (unpaired) electrons. The van der Waals surface area contributed by atoms with Crippen LogP contribution in [0, 0.1) is 0 Å². The second-order valence-corrected chi connectivity index (χ2v) is 5.74. The van der Waals surface area contributed by atoms with Gasteiger partial charge in [-0.3, -0.25) is 4.79 Å². The summed E-state index contributed by atoms with van der Waals surface area (Å²) in [7, 11) is 0. The Hall–Kier alpha value is -0.780. The highest BCUT2D eigenvalue weighted by Gasteiger charge is 2.16. The zero-order valence-electron chi connectivity index (χ0n) is 11.8. The number of amides is 1. The maximum absolute atomic E-state index is 12.1. The summed E-state index contributed by atoms with van der Waals surface area (Å²) in [6, 6.07) is 5.49. The third-order valence-corrected chi connectivity index (χ3v) is 4.34. The van der Waals surface area contributed by atoms with Crippen LogP contribution < -0.4 is 11.1 Å². The number of carbonyl (C=O) groups excluding carboxylic acids is 1. The van der Waals surface area contributed by atoms with E-state index in [9.17, 15) is 4.79 Å². The summed E-state index contributed by atoms with van der Waals surface area (Å²) in [6.07, 6.45) is 0.381. The van der Waals surface area contributed by atoms with Gasteiger partial charge in [0.25, 0.3) is 0 Å². The van der Waals surface area contributed by atoms with Crippen molar-refractivity contribution in [1.82, 2.24) is 4.90 Å².